The first-order valence-corrected chi connectivity index (χ1v) is 6.56. The Kier molecular flexibility index (Phi) is 7.39. The topological polar surface area (TPSA) is 52.6 Å². The van der Waals surface area contributed by atoms with Gasteiger partial charge in [0.1, 0.15) is 5.54 Å². The first-order valence-electron chi connectivity index (χ1n) is 6.56. The highest BCUT2D eigenvalue weighted by atomic mass is 16.4. The quantitative estimate of drug-likeness (QED) is 0.651. The molecule has 0 aromatic heterocycles. The molecule has 0 heterocycles. The molecule has 0 bridgehead atoms. The first kappa shape index (κ1) is 16.4. The Hall–Kier alpha value is -0.610. The molecule has 2 N–H and O–H groups in total. The molecule has 2 unspecified atom stereocenters. The summed E-state index contributed by atoms with van der Waals surface area (Å²) in [4.78, 5) is 13.5. The molecule has 0 aliphatic rings. The predicted molar refractivity (Wildman–Crippen MR) is 71.3 cm³/mol. The summed E-state index contributed by atoms with van der Waals surface area (Å²) in [5.41, 5.74) is -0.787. The van der Waals surface area contributed by atoms with Gasteiger partial charge in [-0.1, -0.05) is 13.8 Å². The van der Waals surface area contributed by atoms with Crippen molar-refractivity contribution in [2.75, 3.05) is 20.1 Å². The van der Waals surface area contributed by atoms with E-state index in [0.717, 1.165) is 19.4 Å². The lowest BCUT2D eigenvalue weighted by Gasteiger charge is -2.28. The smallest absolute Gasteiger partial charge is 0.323 e. The number of rotatable bonds is 9. The van der Waals surface area contributed by atoms with Crippen molar-refractivity contribution in [3.05, 3.63) is 0 Å². The Labute approximate surface area is 105 Å². The molecule has 0 aromatic carbocycles. The molecule has 0 spiro atoms. The number of hydrogen-bond acceptors (Lipinski definition) is 3. The van der Waals surface area contributed by atoms with Crippen LogP contribution >= 0.6 is 0 Å². The summed E-state index contributed by atoms with van der Waals surface area (Å²) in [7, 11) is 2.10. The van der Waals surface area contributed by atoms with Crippen LogP contribution in [0.15, 0.2) is 0 Å². The summed E-state index contributed by atoms with van der Waals surface area (Å²) in [6, 6.07) is 0.560. The molecule has 0 aliphatic carbocycles. The van der Waals surface area contributed by atoms with Gasteiger partial charge in [0.15, 0.2) is 0 Å². The fraction of sp³-hybridized carbons (Fsp3) is 0.923. The zero-order valence-corrected chi connectivity index (χ0v) is 11.9. The summed E-state index contributed by atoms with van der Waals surface area (Å²) in [6.07, 6.45) is 2.69. The monoisotopic (exact) mass is 244 g/mol. The van der Waals surface area contributed by atoms with Gasteiger partial charge >= 0.3 is 5.97 Å². The van der Waals surface area contributed by atoms with Crippen molar-refractivity contribution in [1.29, 1.82) is 0 Å². The molecular formula is C13H28N2O2. The second-order valence-electron chi connectivity index (χ2n) is 5.01. The lowest BCUT2D eigenvalue weighted by molar-refractivity contribution is -0.144. The third kappa shape index (κ3) is 5.50. The van der Waals surface area contributed by atoms with Gasteiger partial charge < -0.3 is 15.3 Å². The van der Waals surface area contributed by atoms with Crippen LogP contribution in [0.3, 0.4) is 0 Å². The highest BCUT2D eigenvalue weighted by Gasteiger charge is 2.31. The van der Waals surface area contributed by atoms with Crippen LogP contribution < -0.4 is 5.32 Å². The minimum Gasteiger partial charge on any atom is -0.480 e. The predicted octanol–water partition coefficient (Wildman–Crippen LogP) is 1.95. The molecule has 0 saturated carbocycles. The Balaban J connectivity index is 4.11. The number of aliphatic carboxylic acids is 1. The van der Waals surface area contributed by atoms with E-state index in [1.54, 1.807) is 6.92 Å². The van der Waals surface area contributed by atoms with Crippen molar-refractivity contribution in [2.24, 2.45) is 0 Å². The van der Waals surface area contributed by atoms with Crippen molar-refractivity contribution in [3.63, 3.8) is 0 Å². The summed E-state index contributed by atoms with van der Waals surface area (Å²) >= 11 is 0. The minimum atomic E-state index is -0.787. The number of carbonyl (C=O) groups is 1. The van der Waals surface area contributed by atoms with E-state index in [4.69, 9.17) is 0 Å². The van der Waals surface area contributed by atoms with Crippen LogP contribution in [0.5, 0.6) is 0 Å². The van der Waals surface area contributed by atoms with Gasteiger partial charge in [-0.15, -0.1) is 0 Å². The number of carboxylic acids is 1. The van der Waals surface area contributed by atoms with E-state index >= 15 is 0 Å². The van der Waals surface area contributed by atoms with E-state index < -0.39 is 11.5 Å². The molecule has 4 heteroatoms. The number of nitrogens with one attached hydrogen (secondary N) is 1. The normalized spacial score (nSPS) is 16.8. The minimum absolute atomic E-state index is 0.560. The molecule has 2 atom stereocenters. The SMILES string of the molecule is CCNC(C)(CCCN(C)C(C)CC)C(=O)O. The summed E-state index contributed by atoms with van der Waals surface area (Å²) in [5, 5.41) is 12.3. The number of hydrogen-bond donors (Lipinski definition) is 2. The molecule has 0 radical (unpaired) electrons. The molecule has 0 rings (SSSR count). The Morgan fingerprint density at radius 1 is 1.47 bits per heavy atom. The molecule has 4 nitrogen and oxygen atoms in total. The Morgan fingerprint density at radius 3 is 2.47 bits per heavy atom. The molecule has 0 saturated heterocycles. The maximum atomic E-state index is 11.2. The Bertz CT molecular complexity index is 233. The van der Waals surface area contributed by atoms with Crippen molar-refractivity contribution in [1.82, 2.24) is 10.2 Å². The van der Waals surface area contributed by atoms with E-state index in [1.165, 1.54) is 0 Å². The molecule has 0 aromatic rings. The maximum absolute atomic E-state index is 11.2. The van der Waals surface area contributed by atoms with E-state index in [0.29, 0.717) is 19.0 Å². The third-order valence-corrected chi connectivity index (χ3v) is 3.57. The van der Waals surface area contributed by atoms with Gasteiger partial charge in [0.05, 0.1) is 0 Å². The highest BCUT2D eigenvalue weighted by Crippen LogP contribution is 2.14. The van der Waals surface area contributed by atoms with Crippen LogP contribution in [0.4, 0.5) is 0 Å². The average molecular weight is 244 g/mol. The molecular weight excluding hydrogens is 216 g/mol. The molecule has 0 aliphatic heterocycles. The maximum Gasteiger partial charge on any atom is 0.323 e. The summed E-state index contributed by atoms with van der Waals surface area (Å²) in [5.74, 6) is -0.759. The molecule has 0 amide bonds. The van der Waals surface area contributed by atoms with Crippen molar-refractivity contribution >= 4 is 5.97 Å². The standard InChI is InChI=1S/C13H28N2O2/c1-6-11(3)15(5)10-8-9-13(4,12(16)17)14-7-2/h11,14H,6-10H2,1-5H3,(H,16,17). The fourth-order valence-corrected chi connectivity index (χ4v) is 1.88. The van der Waals surface area contributed by atoms with Crippen molar-refractivity contribution in [3.8, 4) is 0 Å². The lowest BCUT2D eigenvalue weighted by Crippen LogP contribution is -2.49. The second-order valence-corrected chi connectivity index (χ2v) is 5.01. The Morgan fingerprint density at radius 2 is 2.06 bits per heavy atom. The fourth-order valence-electron chi connectivity index (χ4n) is 1.88. The first-order chi connectivity index (χ1) is 7.87. The highest BCUT2D eigenvalue weighted by molar-refractivity contribution is 5.78. The van der Waals surface area contributed by atoms with Crippen LogP contribution in [0.25, 0.3) is 0 Å². The van der Waals surface area contributed by atoms with Crippen LogP contribution in [0.1, 0.15) is 47.0 Å². The molecule has 102 valence electrons. The zero-order valence-electron chi connectivity index (χ0n) is 11.9. The summed E-state index contributed by atoms with van der Waals surface area (Å²) in [6.45, 7) is 9.70. The van der Waals surface area contributed by atoms with Gasteiger partial charge in [0.25, 0.3) is 0 Å². The van der Waals surface area contributed by atoms with E-state index in [2.05, 4.69) is 31.1 Å². The van der Waals surface area contributed by atoms with Gasteiger partial charge in [-0.25, -0.2) is 0 Å². The number of likely N-dealkylation sites (N-methyl/N-ethyl adjacent to an activating group) is 1. The van der Waals surface area contributed by atoms with E-state index in [9.17, 15) is 9.90 Å². The van der Waals surface area contributed by atoms with Crippen molar-refractivity contribution in [2.45, 2.75) is 58.5 Å². The number of nitrogens with zero attached hydrogens (tertiary/aromatic N) is 1. The average Bonchev–Trinajstić information content (AvgIpc) is 2.27. The van der Waals surface area contributed by atoms with Crippen LogP contribution in [-0.4, -0.2) is 47.7 Å². The van der Waals surface area contributed by atoms with Gasteiger partial charge in [0.2, 0.25) is 0 Å². The van der Waals surface area contributed by atoms with Crippen LogP contribution in [0, 0.1) is 0 Å². The van der Waals surface area contributed by atoms with Crippen LogP contribution in [0.2, 0.25) is 0 Å². The van der Waals surface area contributed by atoms with Gasteiger partial charge in [-0.2, -0.15) is 0 Å². The van der Waals surface area contributed by atoms with Crippen LogP contribution in [-0.2, 0) is 4.79 Å². The largest absolute Gasteiger partial charge is 0.480 e. The zero-order chi connectivity index (χ0) is 13.5. The number of carboxylic acid groups (broad SMARTS) is 1. The van der Waals surface area contributed by atoms with Gasteiger partial charge in [-0.05, 0) is 53.2 Å². The van der Waals surface area contributed by atoms with Crippen molar-refractivity contribution < 1.29 is 9.90 Å². The summed E-state index contributed by atoms with van der Waals surface area (Å²) < 4.78 is 0. The van der Waals surface area contributed by atoms with E-state index in [1.807, 2.05) is 6.92 Å². The molecule has 0 fully saturated rings. The van der Waals surface area contributed by atoms with E-state index in [-0.39, 0.29) is 0 Å². The molecule has 17 heavy (non-hydrogen) atoms. The van der Waals surface area contributed by atoms with Gasteiger partial charge in [0, 0.05) is 6.04 Å². The second kappa shape index (κ2) is 7.67. The lowest BCUT2D eigenvalue weighted by atomic mass is 9.95. The van der Waals surface area contributed by atoms with Gasteiger partial charge in [-0.3, -0.25) is 4.79 Å². The third-order valence-electron chi connectivity index (χ3n) is 3.57.